The summed E-state index contributed by atoms with van der Waals surface area (Å²) >= 11 is 0. The maximum Gasteiger partial charge on any atom is 0.154 e. The van der Waals surface area contributed by atoms with Crippen molar-refractivity contribution in [1.29, 1.82) is 0 Å². The normalized spacial score (nSPS) is 14.7. The molecule has 0 aliphatic heterocycles. The molecule has 1 rings (SSSR count). The van der Waals surface area contributed by atoms with Crippen molar-refractivity contribution < 1.29 is 13.5 Å². The fraction of sp³-hybridized carbons (Fsp3) is 0.538. The van der Waals surface area contributed by atoms with Gasteiger partial charge in [-0.15, -0.1) is 0 Å². The van der Waals surface area contributed by atoms with Crippen LogP contribution in [0.3, 0.4) is 0 Å². The third-order valence-electron chi connectivity index (χ3n) is 2.35. The molecule has 1 nitrogen and oxygen atoms in total. The summed E-state index contributed by atoms with van der Waals surface area (Å²) in [7, 11) is 0. The fourth-order valence-corrected chi connectivity index (χ4v) is 1.42. The van der Waals surface area contributed by atoms with Crippen molar-refractivity contribution in [3.8, 4) is 0 Å². The molecule has 0 bridgehead atoms. The third-order valence-corrected chi connectivity index (χ3v) is 2.35. The molecule has 90 valence electrons. The molecule has 2 atom stereocenters. The number of alkyl halides is 2. The molecule has 0 N–H and O–H groups in total. The molecule has 0 radical (unpaired) electrons. The van der Waals surface area contributed by atoms with Crippen molar-refractivity contribution in [3.05, 3.63) is 35.9 Å². The lowest BCUT2D eigenvalue weighted by atomic mass is 10.1. The Morgan fingerprint density at radius 3 is 2.44 bits per heavy atom. The Morgan fingerprint density at radius 1 is 1.12 bits per heavy atom. The van der Waals surface area contributed by atoms with Crippen molar-refractivity contribution in [2.24, 2.45) is 0 Å². The lowest BCUT2D eigenvalue weighted by Gasteiger charge is -2.13. The Hall–Kier alpha value is -0.960. The van der Waals surface area contributed by atoms with Crippen molar-refractivity contribution in [3.63, 3.8) is 0 Å². The molecule has 0 aromatic heterocycles. The lowest BCUT2D eigenvalue weighted by Crippen LogP contribution is -2.22. The second-order valence-corrected chi connectivity index (χ2v) is 3.82. The van der Waals surface area contributed by atoms with E-state index in [1.165, 1.54) is 0 Å². The molecule has 16 heavy (non-hydrogen) atoms. The van der Waals surface area contributed by atoms with E-state index in [4.69, 9.17) is 4.74 Å². The monoisotopic (exact) mass is 228 g/mol. The van der Waals surface area contributed by atoms with Gasteiger partial charge in [-0.3, -0.25) is 0 Å². The van der Waals surface area contributed by atoms with Crippen LogP contribution in [0.5, 0.6) is 0 Å². The SMILES string of the molecule is CCC[C@@H](F)[C@H](F)COCc1ccccc1. The summed E-state index contributed by atoms with van der Waals surface area (Å²) in [4.78, 5) is 0. The summed E-state index contributed by atoms with van der Waals surface area (Å²) in [5, 5.41) is 0. The Bertz CT molecular complexity index is 277. The summed E-state index contributed by atoms with van der Waals surface area (Å²) in [6.45, 7) is 2.00. The molecule has 1 aromatic carbocycles. The van der Waals surface area contributed by atoms with Gasteiger partial charge in [0.1, 0.15) is 6.17 Å². The van der Waals surface area contributed by atoms with E-state index in [0.717, 1.165) is 5.56 Å². The van der Waals surface area contributed by atoms with Gasteiger partial charge in [0.05, 0.1) is 13.2 Å². The molecule has 0 aliphatic carbocycles. The van der Waals surface area contributed by atoms with Crippen LogP contribution in [0.4, 0.5) is 8.78 Å². The zero-order valence-corrected chi connectivity index (χ0v) is 9.53. The Labute approximate surface area is 95.4 Å². The lowest BCUT2D eigenvalue weighted by molar-refractivity contribution is 0.0310. The molecule has 1 aromatic rings. The third kappa shape index (κ3) is 4.71. The second kappa shape index (κ2) is 7.34. The van der Waals surface area contributed by atoms with Crippen LogP contribution in [-0.2, 0) is 11.3 Å². The quantitative estimate of drug-likeness (QED) is 0.691. The number of ether oxygens (including phenoxy) is 1. The van der Waals surface area contributed by atoms with E-state index < -0.39 is 12.3 Å². The number of benzene rings is 1. The largest absolute Gasteiger partial charge is 0.374 e. The zero-order valence-electron chi connectivity index (χ0n) is 9.53. The highest BCUT2D eigenvalue weighted by Crippen LogP contribution is 2.11. The molecular weight excluding hydrogens is 210 g/mol. The minimum Gasteiger partial charge on any atom is -0.374 e. The molecule has 0 unspecified atom stereocenters. The van der Waals surface area contributed by atoms with E-state index in [0.29, 0.717) is 13.0 Å². The van der Waals surface area contributed by atoms with Crippen LogP contribution in [0.2, 0.25) is 0 Å². The van der Waals surface area contributed by atoms with Crippen LogP contribution in [0.25, 0.3) is 0 Å². The smallest absolute Gasteiger partial charge is 0.154 e. The molecule has 3 heteroatoms. The van der Waals surface area contributed by atoms with Gasteiger partial charge in [-0.25, -0.2) is 8.78 Å². The highest BCUT2D eigenvalue weighted by molar-refractivity contribution is 5.13. The number of hydrogen-bond acceptors (Lipinski definition) is 1. The first-order valence-electron chi connectivity index (χ1n) is 5.63. The summed E-state index contributed by atoms with van der Waals surface area (Å²) in [6.07, 6.45) is -2.00. The summed E-state index contributed by atoms with van der Waals surface area (Å²) in [6, 6.07) is 9.47. The highest BCUT2D eigenvalue weighted by Gasteiger charge is 2.19. The molecule has 0 fully saturated rings. The molecule has 0 aliphatic rings. The van der Waals surface area contributed by atoms with Gasteiger partial charge in [0.2, 0.25) is 0 Å². The first-order chi connectivity index (χ1) is 7.74. The first kappa shape index (κ1) is 13.1. The minimum atomic E-state index is -1.51. The van der Waals surface area contributed by atoms with Crippen LogP contribution in [0, 0.1) is 0 Å². The molecule has 0 heterocycles. The molecule has 0 saturated carbocycles. The standard InChI is InChI=1S/C13H18F2O/c1-2-6-12(14)13(15)10-16-9-11-7-4-3-5-8-11/h3-5,7-8,12-13H,2,6,9-10H2,1H3/t12-,13-/m1/s1. The van der Waals surface area contributed by atoms with Gasteiger partial charge in [0, 0.05) is 0 Å². The minimum absolute atomic E-state index is 0.171. The van der Waals surface area contributed by atoms with Gasteiger partial charge in [0.25, 0.3) is 0 Å². The average Bonchev–Trinajstić information content (AvgIpc) is 2.30. The maximum absolute atomic E-state index is 13.2. The highest BCUT2D eigenvalue weighted by atomic mass is 19.2. The van der Waals surface area contributed by atoms with E-state index in [9.17, 15) is 8.78 Å². The number of rotatable bonds is 7. The Balaban J connectivity index is 2.20. The first-order valence-corrected chi connectivity index (χ1v) is 5.63. The van der Waals surface area contributed by atoms with Gasteiger partial charge in [-0.05, 0) is 12.0 Å². The van der Waals surface area contributed by atoms with Crippen molar-refractivity contribution in [2.45, 2.75) is 38.7 Å². The van der Waals surface area contributed by atoms with E-state index in [-0.39, 0.29) is 13.0 Å². The Morgan fingerprint density at radius 2 is 1.81 bits per heavy atom. The van der Waals surface area contributed by atoms with Gasteiger partial charge < -0.3 is 4.74 Å². The molecule has 0 amide bonds. The fourth-order valence-electron chi connectivity index (χ4n) is 1.42. The van der Waals surface area contributed by atoms with E-state index >= 15 is 0 Å². The Kier molecular flexibility index (Phi) is 6.01. The molecule has 0 spiro atoms. The van der Waals surface area contributed by atoms with Crippen LogP contribution < -0.4 is 0 Å². The van der Waals surface area contributed by atoms with Gasteiger partial charge in [-0.1, -0.05) is 43.7 Å². The van der Waals surface area contributed by atoms with Crippen molar-refractivity contribution in [2.75, 3.05) is 6.61 Å². The topological polar surface area (TPSA) is 9.23 Å². The summed E-state index contributed by atoms with van der Waals surface area (Å²) in [5.41, 5.74) is 0.973. The zero-order chi connectivity index (χ0) is 11.8. The summed E-state index contributed by atoms with van der Waals surface area (Å²) in [5.74, 6) is 0. The van der Waals surface area contributed by atoms with Gasteiger partial charge in [0.15, 0.2) is 6.17 Å². The van der Waals surface area contributed by atoms with E-state index in [1.807, 2.05) is 37.3 Å². The predicted molar refractivity (Wildman–Crippen MR) is 60.8 cm³/mol. The summed E-state index contributed by atoms with van der Waals surface area (Å²) < 4.78 is 31.4. The van der Waals surface area contributed by atoms with E-state index in [1.54, 1.807) is 0 Å². The maximum atomic E-state index is 13.2. The second-order valence-electron chi connectivity index (χ2n) is 3.82. The van der Waals surface area contributed by atoms with Gasteiger partial charge in [-0.2, -0.15) is 0 Å². The van der Waals surface area contributed by atoms with Crippen molar-refractivity contribution >= 4 is 0 Å². The van der Waals surface area contributed by atoms with Crippen LogP contribution in [0.15, 0.2) is 30.3 Å². The predicted octanol–water partition coefficient (Wildman–Crippen LogP) is 3.68. The molecular formula is C13H18F2O. The average molecular weight is 228 g/mol. The van der Waals surface area contributed by atoms with Crippen LogP contribution in [0.1, 0.15) is 25.3 Å². The van der Waals surface area contributed by atoms with Crippen molar-refractivity contribution in [1.82, 2.24) is 0 Å². The molecule has 0 saturated heterocycles. The van der Waals surface area contributed by atoms with Crippen LogP contribution in [-0.4, -0.2) is 19.0 Å². The van der Waals surface area contributed by atoms with Gasteiger partial charge >= 0.3 is 0 Å². The number of hydrogen-bond donors (Lipinski definition) is 0. The number of halogens is 2. The van der Waals surface area contributed by atoms with E-state index in [2.05, 4.69) is 0 Å². The van der Waals surface area contributed by atoms with Crippen LogP contribution >= 0.6 is 0 Å².